The van der Waals surface area contributed by atoms with Crippen molar-refractivity contribution in [1.29, 1.82) is 5.41 Å². The predicted molar refractivity (Wildman–Crippen MR) is 48.2 cm³/mol. The molecular formula is C7H16N4O. The van der Waals surface area contributed by atoms with Gasteiger partial charge in [0.15, 0.2) is 0 Å². The molecule has 0 aromatic carbocycles. The largest absolute Gasteiger partial charge is 0.386 e. The Hall–Kier alpha value is -1.26. The van der Waals surface area contributed by atoms with Gasteiger partial charge in [-0.3, -0.25) is 5.41 Å². The third-order valence-electron chi connectivity index (χ3n) is 1.44. The number of urea groups is 1. The van der Waals surface area contributed by atoms with Crippen LogP contribution in [-0.4, -0.2) is 36.4 Å². The Bertz CT molecular complexity index is 178. The Morgan fingerprint density at radius 1 is 1.67 bits per heavy atom. The number of nitrogens with zero attached hydrogens (tertiary/aromatic N) is 1. The highest BCUT2D eigenvalue weighted by Crippen LogP contribution is 1.96. The smallest absolute Gasteiger partial charge is 0.317 e. The van der Waals surface area contributed by atoms with E-state index in [0.29, 0.717) is 0 Å². The van der Waals surface area contributed by atoms with Crippen LogP contribution < -0.4 is 11.1 Å². The molecule has 0 aromatic rings. The minimum Gasteiger partial charge on any atom is -0.386 e. The van der Waals surface area contributed by atoms with Crippen LogP contribution in [0.15, 0.2) is 0 Å². The molecule has 2 amide bonds. The lowest BCUT2D eigenvalue weighted by atomic mass is 10.3. The summed E-state index contributed by atoms with van der Waals surface area (Å²) in [6.07, 6.45) is 0. The molecule has 0 unspecified atom stereocenters. The summed E-state index contributed by atoms with van der Waals surface area (Å²) in [6, 6.07) is -0.158. The second-order valence-corrected chi connectivity index (χ2v) is 2.80. The highest BCUT2D eigenvalue weighted by atomic mass is 16.2. The van der Waals surface area contributed by atoms with E-state index >= 15 is 0 Å². The Labute approximate surface area is 72.4 Å². The van der Waals surface area contributed by atoms with Crippen LogP contribution in [0.2, 0.25) is 0 Å². The Balaban J connectivity index is 4.23. The molecule has 4 N–H and O–H groups in total. The molecule has 0 atom stereocenters. The average Bonchev–Trinajstić information content (AvgIpc) is 1.98. The fourth-order valence-electron chi connectivity index (χ4n) is 0.816. The second kappa shape index (κ2) is 4.58. The summed E-state index contributed by atoms with van der Waals surface area (Å²) in [6.45, 7) is 3.92. The van der Waals surface area contributed by atoms with Crippen molar-refractivity contribution >= 4 is 11.9 Å². The minimum absolute atomic E-state index is 0.00713. The van der Waals surface area contributed by atoms with Crippen molar-refractivity contribution < 1.29 is 4.79 Å². The van der Waals surface area contributed by atoms with E-state index in [1.54, 1.807) is 7.05 Å². The van der Waals surface area contributed by atoms with Gasteiger partial charge < -0.3 is 16.0 Å². The molecule has 5 heteroatoms. The zero-order chi connectivity index (χ0) is 9.72. The Morgan fingerprint density at radius 3 is 2.42 bits per heavy atom. The summed E-state index contributed by atoms with van der Waals surface area (Å²) in [5.74, 6) is -0.00713. The van der Waals surface area contributed by atoms with Gasteiger partial charge in [-0.25, -0.2) is 4.79 Å². The zero-order valence-electron chi connectivity index (χ0n) is 7.72. The maximum Gasteiger partial charge on any atom is 0.317 e. The molecule has 12 heavy (non-hydrogen) atoms. The summed E-state index contributed by atoms with van der Waals surface area (Å²) >= 11 is 0. The maximum absolute atomic E-state index is 11.2. The zero-order valence-corrected chi connectivity index (χ0v) is 7.72. The van der Waals surface area contributed by atoms with Gasteiger partial charge in [-0.05, 0) is 13.8 Å². The first kappa shape index (κ1) is 10.7. The second-order valence-electron chi connectivity index (χ2n) is 2.80. The summed E-state index contributed by atoms with van der Waals surface area (Å²) in [5.41, 5.74) is 5.19. The van der Waals surface area contributed by atoms with Crippen LogP contribution in [0.1, 0.15) is 13.8 Å². The van der Waals surface area contributed by atoms with Gasteiger partial charge in [-0.1, -0.05) is 0 Å². The molecule has 0 heterocycles. The van der Waals surface area contributed by atoms with E-state index in [1.807, 2.05) is 13.8 Å². The van der Waals surface area contributed by atoms with Crippen LogP contribution in [0, 0.1) is 5.41 Å². The number of amidine groups is 1. The van der Waals surface area contributed by atoms with Gasteiger partial charge in [0.1, 0.15) is 5.84 Å². The summed E-state index contributed by atoms with van der Waals surface area (Å²) in [5, 5.41) is 9.53. The Morgan fingerprint density at radius 2 is 2.17 bits per heavy atom. The van der Waals surface area contributed by atoms with Gasteiger partial charge in [-0.2, -0.15) is 0 Å². The lowest BCUT2D eigenvalue weighted by Crippen LogP contribution is -2.46. The minimum atomic E-state index is -0.208. The monoisotopic (exact) mass is 172 g/mol. The lowest BCUT2D eigenvalue weighted by Gasteiger charge is -2.25. The number of carbonyl (C=O) groups excluding carboxylic acids is 1. The van der Waals surface area contributed by atoms with Gasteiger partial charge in [0.05, 0.1) is 6.54 Å². The van der Waals surface area contributed by atoms with Gasteiger partial charge in [-0.15, -0.1) is 0 Å². The third-order valence-corrected chi connectivity index (χ3v) is 1.44. The average molecular weight is 172 g/mol. The highest BCUT2D eigenvalue weighted by Gasteiger charge is 2.15. The van der Waals surface area contributed by atoms with Crippen molar-refractivity contribution in [3.63, 3.8) is 0 Å². The van der Waals surface area contributed by atoms with Gasteiger partial charge in [0.25, 0.3) is 0 Å². The van der Waals surface area contributed by atoms with Crippen molar-refractivity contribution in [2.75, 3.05) is 13.6 Å². The van der Waals surface area contributed by atoms with Crippen molar-refractivity contribution in [2.24, 2.45) is 5.73 Å². The van der Waals surface area contributed by atoms with Crippen LogP contribution in [-0.2, 0) is 0 Å². The summed E-state index contributed by atoms with van der Waals surface area (Å²) < 4.78 is 0. The van der Waals surface area contributed by atoms with Crippen LogP contribution in [0.5, 0.6) is 0 Å². The number of nitrogens with two attached hydrogens (primary N) is 1. The van der Waals surface area contributed by atoms with Crippen LogP contribution >= 0.6 is 0 Å². The molecule has 0 aromatic heterocycles. The van der Waals surface area contributed by atoms with E-state index in [-0.39, 0.29) is 24.5 Å². The Kier molecular flexibility index (Phi) is 4.10. The van der Waals surface area contributed by atoms with Gasteiger partial charge in [0.2, 0.25) is 0 Å². The van der Waals surface area contributed by atoms with Gasteiger partial charge in [0, 0.05) is 13.1 Å². The SMILES string of the molecule is CNC(=O)N(CC(=N)N)C(C)C. The predicted octanol–water partition coefficient (Wildman–Crippen LogP) is -0.0278. The quantitative estimate of drug-likeness (QED) is 0.413. The molecule has 0 aliphatic heterocycles. The molecule has 0 aliphatic rings. The molecule has 0 rings (SSSR count). The van der Waals surface area contributed by atoms with E-state index in [4.69, 9.17) is 11.1 Å². The molecule has 0 radical (unpaired) electrons. The number of rotatable bonds is 3. The maximum atomic E-state index is 11.2. The topological polar surface area (TPSA) is 82.2 Å². The first-order valence-electron chi connectivity index (χ1n) is 3.80. The lowest BCUT2D eigenvalue weighted by molar-refractivity contribution is 0.194. The molecule has 0 fully saturated rings. The molecule has 0 saturated heterocycles. The number of amides is 2. The first-order valence-corrected chi connectivity index (χ1v) is 3.80. The van der Waals surface area contributed by atoms with Crippen LogP contribution in [0.4, 0.5) is 4.79 Å². The van der Waals surface area contributed by atoms with E-state index < -0.39 is 0 Å². The molecule has 0 spiro atoms. The van der Waals surface area contributed by atoms with E-state index in [0.717, 1.165) is 0 Å². The van der Waals surface area contributed by atoms with Crippen molar-refractivity contribution in [3.05, 3.63) is 0 Å². The van der Waals surface area contributed by atoms with Crippen LogP contribution in [0.25, 0.3) is 0 Å². The molecule has 0 saturated carbocycles. The number of nitrogens with one attached hydrogen (secondary N) is 2. The normalized spacial score (nSPS) is 9.67. The summed E-state index contributed by atoms with van der Waals surface area (Å²) in [7, 11) is 1.55. The molecule has 0 bridgehead atoms. The van der Waals surface area contributed by atoms with E-state index in [9.17, 15) is 4.79 Å². The van der Waals surface area contributed by atoms with Crippen molar-refractivity contribution in [1.82, 2.24) is 10.2 Å². The first-order chi connectivity index (χ1) is 5.49. The fourth-order valence-corrected chi connectivity index (χ4v) is 0.816. The fraction of sp³-hybridized carbons (Fsp3) is 0.714. The van der Waals surface area contributed by atoms with Crippen molar-refractivity contribution in [2.45, 2.75) is 19.9 Å². The molecule has 70 valence electrons. The van der Waals surface area contributed by atoms with Crippen LogP contribution in [0.3, 0.4) is 0 Å². The van der Waals surface area contributed by atoms with E-state index in [1.165, 1.54) is 4.90 Å². The summed E-state index contributed by atoms with van der Waals surface area (Å²) in [4.78, 5) is 12.6. The standard InChI is InChI=1S/C7H16N4O/c1-5(2)11(4-6(8)9)7(12)10-3/h5H,4H2,1-3H3,(H3,8,9)(H,10,12). The molecular weight excluding hydrogens is 156 g/mol. The third kappa shape index (κ3) is 3.23. The van der Waals surface area contributed by atoms with E-state index in [2.05, 4.69) is 5.32 Å². The molecule has 0 aliphatic carbocycles. The number of hydrogen-bond acceptors (Lipinski definition) is 2. The number of hydrogen-bond donors (Lipinski definition) is 3. The number of carbonyl (C=O) groups is 1. The van der Waals surface area contributed by atoms with Gasteiger partial charge >= 0.3 is 6.03 Å². The molecule has 5 nitrogen and oxygen atoms in total. The van der Waals surface area contributed by atoms with Crippen molar-refractivity contribution in [3.8, 4) is 0 Å². The highest BCUT2D eigenvalue weighted by molar-refractivity contribution is 5.84.